The van der Waals surface area contributed by atoms with Gasteiger partial charge in [-0.25, -0.2) is 4.98 Å². The Morgan fingerprint density at radius 2 is 2.38 bits per heavy atom. The van der Waals surface area contributed by atoms with Gasteiger partial charge in [0.05, 0.1) is 0 Å². The van der Waals surface area contributed by atoms with Crippen molar-refractivity contribution in [2.24, 2.45) is 0 Å². The van der Waals surface area contributed by atoms with Crippen LogP contribution in [0.15, 0.2) is 0 Å². The first kappa shape index (κ1) is 14.5. The van der Waals surface area contributed by atoms with Crippen molar-refractivity contribution in [3.63, 3.8) is 0 Å². The molecule has 1 fully saturated rings. The lowest BCUT2D eigenvalue weighted by Gasteiger charge is -2.14. The topological polar surface area (TPSA) is 70.2 Å². The minimum Gasteiger partial charge on any atom is -0.385 e. The van der Waals surface area contributed by atoms with E-state index in [1.165, 1.54) is 0 Å². The Labute approximate surface area is 125 Å². The number of carbonyl (C=O) groups is 1. The second-order valence-corrected chi connectivity index (χ2v) is 5.94. The Bertz CT molecular complexity index is 500. The number of ether oxygens (including phenoxy) is 1. The van der Waals surface area contributed by atoms with Crippen molar-refractivity contribution in [2.75, 3.05) is 39.9 Å². The number of aryl methyl sites for hydroxylation is 1. The van der Waals surface area contributed by atoms with Gasteiger partial charge in [-0.05, 0) is 32.2 Å². The van der Waals surface area contributed by atoms with Crippen LogP contribution in [0.1, 0.15) is 47.2 Å². The van der Waals surface area contributed by atoms with Crippen LogP contribution in [-0.4, -0.2) is 60.7 Å². The normalized spacial score (nSPS) is 22.9. The second kappa shape index (κ2) is 6.58. The van der Waals surface area contributed by atoms with Crippen LogP contribution in [-0.2, 0) is 11.2 Å². The number of nitrogens with zero attached hydrogens (tertiary/aromatic N) is 2. The van der Waals surface area contributed by atoms with Gasteiger partial charge >= 0.3 is 0 Å². The number of nitrogens with one attached hydrogen (secondary N) is 2. The molecule has 1 atom stereocenters. The van der Waals surface area contributed by atoms with Crippen LogP contribution in [0.25, 0.3) is 0 Å². The highest BCUT2D eigenvalue weighted by molar-refractivity contribution is 5.93. The van der Waals surface area contributed by atoms with Crippen LogP contribution in [0.4, 0.5) is 0 Å². The van der Waals surface area contributed by atoms with Gasteiger partial charge < -0.3 is 19.9 Å². The number of carbonyl (C=O) groups excluding carboxylic acids is 1. The molecule has 0 saturated carbocycles. The fourth-order valence-corrected chi connectivity index (χ4v) is 3.23. The van der Waals surface area contributed by atoms with Crippen molar-refractivity contribution in [1.82, 2.24) is 20.2 Å². The summed E-state index contributed by atoms with van der Waals surface area (Å²) in [4.78, 5) is 22.4. The Morgan fingerprint density at radius 3 is 3.24 bits per heavy atom. The van der Waals surface area contributed by atoms with E-state index in [0.29, 0.717) is 11.6 Å². The molecule has 116 valence electrons. The number of aromatic nitrogens is 2. The summed E-state index contributed by atoms with van der Waals surface area (Å²) in [5.41, 5.74) is 1.62. The van der Waals surface area contributed by atoms with Crippen molar-refractivity contribution in [3.8, 4) is 0 Å². The Balaban J connectivity index is 1.63. The molecule has 0 aromatic carbocycles. The molecule has 0 radical (unpaired) electrons. The first-order chi connectivity index (χ1) is 10.3. The Hall–Kier alpha value is -1.40. The number of aromatic amines is 1. The van der Waals surface area contributed by atoms with E-state index in [1.807, 2.05) is 0 Å². The molecule has 6 nitrogen and oxygen atoms in total. The smallest absolute Gasteiger partial charge is 0.271 e. The third-order valence-electron chi connectivity index (χ3n) is 4.38. The number of methoxy groups -OCH3 is 1. The molecule has 1 aromatic rings. The van der Waals surface area contributed by atoms with E-state index in [1.54, 1.807) is 7.11 Å². The number of likely N-dealkylation sites (tertiary alicyclic amines) is 1. The molecule has 1 aromatic heterocycles. The quantitative estimate of drug-likeness (QED) is 0.792. The van der Waals surface area contributed by atoms with E-state index in [9.17, 15) is 4.79 Å². The van der Waals surface area contributed by atoms with Crippen molar-refractivity contribution in [2.45, 2.75) is 31.6 Å². The van der Waals surface area contributed by atoms with Crippen LogP contribution >= 0.6 is 0 Å². The Kier molecular flexibility index (Phi) is 4.55. The summed E-state index contributed by atoms with van der Waals surface area (Å²) in [6.07, 6.45) is 4.07. The summed E-state index contributed by atoms with van der Waals surface area (Å²) in [5, 5.41) is 2.90. The predicted octanol–water partition coefficient (Wildman–Crippen LogP) is 0.912. The molecule has 1 saturated heterocycles. The number of imidazole rings is 1. The SMILES string of the molecule is COCCCN1CC[C@@H](c2nc3c([nH]2)CCCNC3=O)C1. The van der Waals surface area contributed by atoms with Crippen molar-refractivity contribution in [1.29, 1.82) is 0 Å². The average molecular weight is 292 g/mol. The van der Waals surface area contributed by atoms with Gasteiger partial charge in [0, 0.05) is 45.0 Å². The number of rotatable bonds is 5. The molecule has 0 unspecified atom stereocenters. The van der Waals surface area contributed by atoms with Crippen LogP contribution in [0.3, 0.4) is 0 Å². The van der Waals surface area contributed by atoms with Gasteiger partial charge in [-0.15, -0.1) is 0 Å². The highest BCUT2D eigenvalue weighted by Crippen LogP contribution is 2.26. The van der Waals surface area contributed by atoms with E-state index in [4.69, 9.17) is 4.74 Å². The summed E-state index contributed by atoms with van der Waals surface area (Å²) in [5.74, 6) is 1.39. The molecule has 3 heterocycles. The molecule has 21 heavy (non-hydrogen) atoms. The van der Waals surface area contributed by atoms with Crippen LogP contribution < -0.4 is 5.32 Å². The van der Waals surface area contributed by atoms with Gasteiger partial charge in [-0.2, -0.15) is 0 Å². The molecular weight excluding hydrogens is 268 g/mol. The van der Waals surface area contributed by atoms with E-state index >= 15 is 0 Å². The standard InChI is InChI=1S/C15H24N4O2/c1-21-9-3-7-19-8-5-11(10-19)14-17-12-4-2-6-16-15(20)13(12)18-14/h11H,2-10H2,1H3,(H,16,20)(H,17,18)/t11-/m1/s1. The number of hydrogen-bond acceptors (Lipinski definition) is 4. The fraction of sp³-hybridized carbons (Fsp3) is 0.733. The highest BCUT2D eigenvalue weighted by Gasteiger charge is 2.28. The predicted molar refractivity (Wildman–Crippen MR) is 79.5 cm³/mol. The van der Waals surface area contributed by atoms with Gasteiger partial charge in [0.2, 0.25) is 0 Å². The fourth-order valence-electron chi connectivity index (χ4n) is 3.23. The summed E-state index contributed by atoms with van der Waals surface area (Å²) >= 11 is 0. The molecule has 2 aliphatic heterocycles. The number of hydrogen-bond donors (Lipinski definition) is 2. The maximum absolute atomic E-state index is 12.0. The van der Waals surface area contributed by atoms with Crippen LogP contribution in [0.5, 0.6) is 0 Å². The molecule has 2 N–H and O–H groups in total. The van der Waals surface area contributed by atoms with Crippen LogP contribution in [0, 0.1) is 0 Å². The van der Waals surface area contributed by atoms with Gasteiger partial charge in [0.15, 0.2) is 0 Å². The highest BCUT2D eigenvalue weighted by atomic mass is 16.5. The first-order valence-electron chi connectivity index (χ1n) is 7.86. The second-order valence-electron chi connectivity index (χ2n) is 5.94. The third kappa shape index (κ3) is 3.27. The lowest BCUT2D eigenvalue weighted by atomic mass is 10.1. The van der Waals surface area contributed by atoms with Crippen molar-refractivity contribution >= 4 is 5.91 Å². The molecule has 2 aliphatic rings. The molecule has 0 aliphatic carbocycles. The molecule has 0 bridgehead atoms. The van der Waals surface area contributed by atoms with E-state index in [0.717, 1.165) is 70.0 Å². The first-order valence-corrected chi connectivity index (χ1v) is 7.86. The van der Waals surface area contributed by atoms with E-state index in [-0.39, 0.29) is 5.91 Å². The van der Waals surface area contributed by atoms with Gasteiger partial charge in [0.25, 0.3) is 5.91 Å². The van der Waals surface area contributed by atoms with Crippen molar-refractivity contribution in [3.05, 3.63) is 17.2 Å². The largest absolute Gasteiger partial charge is 0.385 e. The summed E-state index contributed by atoms with van der Waals surface area (Å²) in [6.45, 7) is 4.76. The van der Waals surface area contributed by atoms with Gasteiger partial charge in [0.1, 0.15) is 11.5 Å². The van der Waals surface area contributed by atoms with E-state index in [2.05, 4.69) is 20.2 Å². The lowest BCUT2D eigenvalue weighted by Crippen LogP contribution is -2.23. The molecular formula is C15H24N4O2. The number of fused-ring (bicyclic) bond motifs is 1. The monoisotopic (exact) mass is 292 g/mol. The molecule has 0 spiro atoms. The number of amides is 1. The third-order valence-corrected chi connectivity index (χ3v) is 4.38. The minimum atomic E-state index is -0.0278. The molecule has 1 amide bonds. The molecule has 3 rings (SSSR count). The molecule has 6 heteroatoms. The zero-order valence-electron chi connectivity index (χ0n) is 12.7. The van der Waals surface area contributed by atoms with Gasteiger partial charge in [-0.3, -0.25) is 4.79 Å². The summed E-state index contributed by atoms with van der Waals surface area (Å²) < 4.78 is 5.10. The van der Waals surface area contributed by atoms with Gasteiger partial charge in [-0.1, -0.05) is 0 Å². The summed E-state index contributed by atoms with van der Waals surface area (Å²) in [7, 11) is 1.74. The Morgan fingerprint density at radius 1 is 1.48 bits per heavy atom. The zero-order valence-corrected chi connectivity index (χ0v) is 12.7. The van der Waals surface area contributed by atoms with Crippen molar-refractivity contribution < 1.29 is 9.53 Å². The minimum absolute atomic E-state index is 0.0278. The average Bonchev–Trinajstić information content (AvgIpc) is 3.07. The zero-order chi connectivity index (χ0) is 14.7. The maximum atomic E-state index is 12.0. The maximum Gasteiger partial charge on any atom is 0.271 e. The lowest BCUT2D eigenvalue weighted by molar-refractivity contribution is 0.0951. The number of H-pyrrole nitrogens is 1. The van der Waals surface area contributed by atoms with E-state index < -0.39 is 0 Å². The van der Waals surface area contributed by atoms with Crippen LogP contribution in [0.2, 0.25) is 0 Å². The summed E-state index contributed by atoms with van der Waals surface area (Å²) in [6, 6.07) is 0.